The molecule has 0 fully saturated rings. The Morgan fingerprint density at radius 3 is 1.59 bits per heavy atom. The van der Waals surface area contributed by atoms with Crippen LogP contribution >= 0.6 is 0 Å². The quantitative estimate of drug-likeness (QED) is 0.249. The Balaban J connectivity index is 0.00000300. The van der Waals surface area contributed by atoms with Crippen molar-refractivity contribution in [2.75, 3.05) is 11.5 Å². The van der Waals surface area contributed by atoms with Gasteiger partial charge in [-0.05, 0) is 66.7 Å². The number of benzene rings is 3. The summed E-state index contributed by atoms with van der Waals surface area (Å²) in [4.78, 5) is -0.206. The summed E-state index contributed by atoms with van der Waals surface area (Å²) in [6, 6.07) is 17.2. The van der Waals surface area contributed by atoms with E-state index in [4.69, 9.17) is 16.0 Å². The zero-order chi connectivity index (χ0) is 20.1. The molecular weight excluding hydrogens is 403 g/mol. The average Bonchev–Trinajstić information content (AvgIpc) is 2.66. The molecule has 3 aromatic carbocycles. The van der Waals surface area contributed by atoms with Gasteiger partial charge in [-0.2, -0.15) is 23.8 Å². The Morgan fingerprint density at radius 2 is 1.14 bits per heavy atom. The standard InChI is InChI=1S/C18H16N6O3S.Na/c19-12-1-10-18(17(20)11-12)24-23-14-4-2-13(3-5-14)21-22-15-6-8-16(9-7-15)28(25,26)27;/h1-11H,19-20H2,(H,25,26,27);/q;+1. The molecule has 3 rings (SSSR count). The summed E-state index contributed by atoms with van der Waals surface area (Å²) < 4.78 is 31.0. The van der Waals surface area contributed by atoms with Crippen LogP contribution in [0.1, 0.15) is 0 Å². The van der Waals surface area contributed by atoms with E-state index in [1.165, 1.54) is 24.3 Å². The normalized spacial score (nSPS) is 11.6. The minimum absolute atomic E-state index is 0. The third-order valence-corrected chi connectivity index (χ3v) is 4.46. The first-order valence-electron chi connectivity index (χ1n) is 7.97. The second kappa shape index (κ2) is 9.72. The second-order valence-electron chi connectivity index (χ2n) is 5.70. The number of hydrogen-bond acceptors (Lipinski definition) is 8. The fourth-order valence-electron chi connectivity index (χ4n) is 2.16. The Morgan fingerprint density at radius 1 is 0.690 bits per heavy atom. The Labute approximate surface area is 189 Å². The molecule has 29 heavy (non-hydrogen) atoms. The molecule has 9 nitrogen and oxygen atoms in total. The van der Waals surface area contributed by atoms with Crippen LogP contribution in [0.15, 0.2) is 92.1 Å². The number of hydrogen-bond donors (Lipinski definition) is 3. The zero-order valence-electron chi connectivity index (χ0n) is 15.5. The third kappa shape index (κ3) is 6.44. The van der Waals surface area contributed by atoms with Crippen molar-refractivity contribution < 1.29 is 42.5 Å². The van der Waals surface area contributed by atoms with Gasteiger partial charge >= 0.3 is 29.6 Å². The molecule has 3 aromatic rings. The van der Waals surface area contributed by atoms with Gasteiger partial charge in [0.25, 0.3) is 10.1 Å². The first-order chi connectivity index (χ1) is 13.3. The van der Waals surface area contributed by atoms with Crippen LogP contribution < -0.4 is 41.0 Å². The van der Waals surface area contributed by atoms with Crippen LogP contribution in [0, 0.1) is 0 Å². The molecule has 142 valence electrons. The average molecular weight is 419 g/mol. The van der Waals surface area contributed by atoms with Gasteiger partial charge in [-0.3, -0.25) is 4.55 Å². The molecule has 0 saturated heterocycles. The molecule has 0 aliphatic rings. The van der Waals surface area contributed by atoms with Crippen LogP contribution in [0.5, 0.6) is 0 Å². The summed E-state index contributed by atoms with van der Waals surface area (Å²) in [7, 11) is -4.23. The minimum Gasteiger partial charge on any atom is -0.399 e. The van der Waals surface area contributed by atoms with Crippen LogP contribution in [-0.2, 0) is 10.1 Å². The molecule has 0 aliphatic carbocycles. The molecule has 0 amide bonds. The fraction of sp³-hybridized carbons (Fsp3) is 0. The third-order valence-electron chi connectivity index (χ3n) is 3.59. The molecule has 0 saturated carbocycles. The van der Waals surface area contributed by atoms with Gasteiger partial charge < -0.3 is 11.5 Å². The number of anilines is 2. The van der Waals surface area contributed by atoms with E-state index in [1.807, 2.05) is 0 Å². The number of rotatable bonds is 5. The molecule has 0 unspecified atom stereocenters. The largest absolute Gasteiger partial charge is 1.00 e. The van der Waals surface area contributed by atoms with Gasteiger partial charge in [0.15, 0.2) is 0 Å². The van der Waals surface area contributed by atoms with Gasteiger partial charge in [0.1, 0.15) is 5.69 Å². The monoisotopic (exact) mass is 419 g/mol. The van der Waals surface area contributed by atoms with Crippen LogP contribution in [0.2, 0.25) is 0 Å². The first-order valence-corrected chi connectivity index (χ1v) is 9.41. The van der Waals surface area contributed by atoms with Crippen molar-refractivity contribution in [3.63, 3.8) is 0 Å². The smallest absolute Gasteiger partial charge is 0.399 e. The molecule has 0 radical (unpaired) electrons. The van der Waals surface area contributed by atoms with Crippen LogP contribution in [0.25, 0.3) is 0 Å². The van der Waals surface area contributed by atoms with Crippen LogP contribution in [-0.4, -0.2) is 13.0 Å². The molecule has 0 spiro atoms. The van der Waals surface area contributed by atoms with Gasteiger partial charge in [0, 0.05) is 5.69 Å². The Bertz CT molecular complexity index is 1150. The van der Waals surface area contributed by atoms with Crippen molar-refractivity contribution in [3.05, 3.63) is 66.7 Å². The molecule has 0 bridgehead atoms. The Kier molecular flexibility index (Phi) is 7.59. The van der Waals surface area contributed by atoms with Gasteiger partial charge in [-0.25, -0.2) is 0 Å². The minimum atomic E-state index is -4.23. The van der Waals surface area contributed by atoms with Crippen molar-refractivity contribution >= 4 is 44.2 Å². The molecule has 0 heterocycles. The number of azo groups is 2. The Hall–Kier alpha value is -2.63. The maximum atomic E-state index is 11.0. The van der Waals surface area contributed by atoms with E-state index in [0.29, 0.717) is 34.1 Å². The fourth-order valence-corrected chi connectivity index (χ4v) is 2.64. The van der Waals surface area contributed by atoms with Gasteiger partial charge in [-0.15, -0.1) is 5.11 Å². The summed E-state index contributed by atoms with van der Waals surface area (Å²) in [6.07, 6.45) is 0. The summed E-state index contributed by atoms with van der Waals surface area (Å²) >= 11 is 0. The van der Waals surface area contributed by atoms with Crippen molar-refractivity contribution in [1.29, 1.82) is 0 Å². The first kappa shape index (κ1) is 22.7. The second-order valence-corrected chi connectivity index (χ2v) is 7.13. The molecule has 0 atom stereocenters. The van der Waals surface area contributed by atoms with E-state index in [0.717, 1.165) is 0 Å². The van der Waals surface area contributed by atoms with E-state index in [1.54, 1.807) is 42.5 Å². The molecule has 11 heteroatoms. The van der Waals surface area contributed by atoms with Gasteiger partial charge in [0.05, 0.1) is 27.6 Å². The van der Waals surface area contributed by atoms with Gasteiger partial charge in [0.2, 0.25) is 0 Å². The molecule has 5 N–H and O–H groups in total. The zero-order valence-corrected chi connectivity index (χ0v) is 18.3. The summed E-state index contributed by atoms with van der Waals surface area (Å²) in [5.74, 6) is 0. The molecular formula is C18H16N6NaO3S+. The molecule has 0 aromatic heterocycles. The van der Waals surface area contributed by atoms with Crippen LogP contribution in [0.3, 0.4) is 0 Å². The van der Waals surface area contributed by atoms with Crippen LogP contribution in [0.4, 0.5) is 34.1 Å². The topological polar surface area (TPSA) is 156 Å². The van der Waals surface area contributed by atoms with Crippen molar-refractivity contribution in [1.82, 2.24) is 0 Å². The van der Waals surface area contributed by atoms with Gasteiger partial charge in [-0.1, -0.05) is 0 Å². The van der Waals surface area contributed by atoms with E-state index in [-0.39, 0.29) is 34.5 Å². The number of nitrogens with zero attached hydrogens (tertiary/aromatic N) is 4. The van der Waals surface area contributed by atoms with Crippen molar-refractivity contribution in [2.45, 2.75) is 4.90 Å². The maximum absolute atomic E-state index is 11.0. The van der Waals surface area contributed by atoms with Crippen molar-refractivity contribution in [3.8, 4) is 0 Å². The van der Waals surface area contributed by atoms with Crippen molar-refractivity contribution in [2.24, 2.45) is 20.5 Å². The number of nitrogens with two attached hydrogens (primary N) is 2. The summed E-state index contributed by atoms with van der Waals surface area (Å²) in [5, 5.41) is 16.3. The van der Waals surface area contributed by atoms with E-state index in [2.05, 4.69) is 20.5 Å². The summed E-state index contributed by atoms with van der Waals surface area (Å²) in [5.41, 5.74) is 14.6. The summed E-state index contributed by atoms with van der Waals surface area (Å²) in [6.45, 7) is 0. The molecule has 0 aliphatic heterocycles. The predicted molar refractivity (Wildman–Crippen MR) is 106 cm³/mol. The van der Waals surface area contributed by atoms with E-state index in [9.17, 15) is 8.42 Å². The van der Waals surface area contributed by atoms with E-state index < -0.39 is 10.1 Å². The number of nitrogen functional groups attached to an aromatic ring is 2. The van der Waals surface area contributed by atoms with E-state index >= 15 is 0 Å². The predicted octanol–water partition coefficient (Wildman–Crippen LogP) is 1.93. The maximum Gasteiger partial charge on any atom is 1.00 e. The SMILES string of the molecule is Nc1ccc(N=Nc2ccc(N=Nc3ccc(S(=O)(=O)O)cc3)cc2)c(N)c1.[Na+].